The molecule has 1 aliphatic heterocycles. The highest BCUT2D eigenvalue weighted by Crippen LogP contribution is 2.37. The maximum Gasteiger partial charge on any atom is 0.265 e. The monoisotopic (exact) mass is 489 g/mol. The third-order valence-corrected chi connectivity index (χ3v) is 5.95. The van der Waals surface area contributed by atoms with Crippen molar-refractivity contribution >= 4 is 40.4 Å². The van der Waals surface area contributed by atoms with Crippen molar-refractivity contribution in [1.29, 1.82) is 0 Å². The molecule has 0 saturated carbocycles. The lowest BCUT2D eigenvalue weighted by molar-refractivity contribution is -0.124. The maximum atomic E-state index is 12.5. The number of amides is 3. The first-order valence-corrected chi connectivity index (χ1v) is 12.3. The van der Waals surface area contributed by atoms with Gasteiger partial charge in [-0.1, -0.05) is 6.07 Å². The molecule has 0 bridgehead atoms. The first-order valence-electron chi connectivity index (χ1n) is 11.5. The standard InChI is InChI=1S/C24H31N3O6S/c1-3-31-19-14-18(27-24(30)21-8-6-12-34-21)20(32-4-2)13-17(19)26-23(29)10-9-22(28)25-15-16-7-5-11-33-16/h6,8,12-14,16H,3-5,7,9-11,15H2,1-2H3,(H,25,28)(H,26,29)(H,27,30)/t16-/m0/s1. The highest BCUT2D eigenvalue weighted by Gasteiger charge is 2.19. The molecule has 9 nitrogen and oxygen atoms in total. The van der Waals surface area contributed by atoms with Gasteiger partial charge < -0.3 is 30.2 Å². The van der Waals surface area contributed by atoms with E-state index in [2.05, 4.69) is 16.0 Å². The lowest BCUT2D eigenvalue weighted by Crippen LogP contribution is -2.32. The number of ether oxygens (including phenoxy) is 3. The molecule has 184 valence electrons. The van der Waals surface area contributed by atoms with E-state index in [-0.39, 0.29) is 36.7 Å². The maximum absolute atomic E-state index is 12.5. The van der Waals surface area contributed by atoms with Gasteiger partial charge in [0.1, 0.15) is 11.5 Å². The van der Waals surface area contributed by atoms with Crippen LogP contribution >= 0.6 is 11.3 Å². The molecule has 0 radical (unpaired) electrons. The molecule has 10 heteroatoms. The first kappa shape index (κ1) is 25.5. The molecule has 34 heavy (non-hydrogen) atoms. The second-order valence-corrected chi connectivity index (χ2v) is 8.58. The topological polar surface area (TPSA) is 115 Å². The molecular weight excluding hydrogens is 458 g/mol. The van der Waals surface area contributed by atoms with E-state index < -0.39 is 0 Å². The van der Waals surface area contributed by atoms with Gasteiger partial charge in [-0.05, 0) is 38.1 Å². The van der Waals surface area contributed by atoms with E-state index in [1.54, 1.807) is 24.3 Å². The molecule has 3 amide bonds. The van der Waals surface area contributed by atoms with Crippen molar-refractivity contribution < 1.29 is 28.6 Å². The van der Waals surface area contributed by atoms with Crippen LogP contribution in [0.1, 0.15) is 49.2 Å². The predicted octanol–water partition coefficient (Wildman–Crippen LogP) is 3.81. The minimum atomic E-state index is -0.328. The van der Waals surface area contributed by atoms with Crippen LogP contribution in [-0.4, -0.2) is 50.2 Å². The van der Waals surface area contributed by atoms with Gasteiger partial charge in [-0.25, -0.2) is 0 Å². The van der Waals surface area contributed by atoms with Gasteiger partial charge in [0.05, 0.1) is 35.6 Å². The molecule has 1 aliphatic rings. The van der Waals surface area contributed by atoms with Crippen LogP contribution in [0.4, 0.5) is 11.4 Å². The van der Waals surface area contributed by atoms with Crippen molar-refractivity contribution in [3.8, 4) is 11.5 Å². The Hall–Kier alpha value is -3.11. The normalized spacial score (nSPS) is 14.9. The Kier molecular flexibility index (Phi) is 9.72. The minimum absolute atomic E-state index is 0.0176. The lowest BCUT2D eigenvalue weighted by Gasteiger charge is -2.17. The van der Waals surface area contributed by atoms with Crippen molar-refractivity contribution in [3.63, 3.8) is 0 Å². The number of carbonyl (C=O) groups excluding carboxylic acids is 3. The Morgan fingerprint density at radius 1 is 1.03 bits per heavy atom. The summed E-state index contributed by atoms with van der Waals surface area (Å²) >= 11 is 1.33. The molecule has 0 aliphatic carbocycles. The third-order valence-electron chi connectivity index (χ3n) is 5.08. The van der Waals surface area contributed by atoms with Gasteiger partial charge in [-0.3, -0.25) is 14.4 Å². The van der Waals surface area contributed by atoms with Crippen molar-refractivity contribution in [2.24, 2.45) is 0 Å². The van der Waals surface area contributed by atoms with Gasteiger partial charge in [0.2, 0.25) is 11.8 Å². The van der Waals surface area contributed by atoms with Crippen LogP contribution in [0.25, 0.3) is 0 Å². The Morgan fingerprint density at radius 3 is 2.29 bits per heavy atom. The van der Waals surface area contributed by atoms with Gasteiger partial charge in [0.25, 0.3) is 5.91 Å². The van der Waals surface area contributed by atoms with E-state index >= 15 is 0 Å². The van der Waals surface area contributed by atoms with Crippen LogP contribution in [-0.2, 0) is 14.3 Å². The molecule has 0 spiro atoms. The zero-order valence-corrected chi connectivity index (χ0v) is 20.3. The van der Waals surface area contributed by atoms with Gasteiger partial charge in [0.15, 0.2) is 0 Å². The zero-order chi connectivity index (χ0) is 24.3. The second-order valence-electron chi connectivity index (χ2n) is 7.63. The van der Waals surface area contributed by atoms with Crippen LogP contribution < -0.4 is 25.4 Å². The number of nitrogens with one attached hydrogen (secondary N) is 3. The van der Waals surface area contributed by atoms with Crippen LogP contribution in [0.15, 0.2) is 29.6 Å². The van der Waals surface area contributed by atoms with Crippen LogP contribution in [0.3, 0.4) is 0 Å². The van der Waals surface area contributed by atoms with E-state index in [4.69, 9.17) is 14.2 Å². The zero-order valence-electron chi connectivity index (χ0n) is 19.5. The SMILES string of the molecule is CCOc1cc(NC(=O)c2cccs2)c(OCC)cc1NC(=O)CCC(=O)NC[C@@H]1CCCO1. The predicted molar refractivity (Wildman–Crippen MR) is 131 cm³/mol. The summed E-state index contributed by atoms with van der Waals surface area (Å²) in [5, 5.41) is 10.3. The summed E-state index contributed by atoms with van der Waals surface area (Å²) in [5.74, 6) is 0.0108. The lowest BCUT2D eigenvalue weighted by atomic mass is 10.2. The summed E-state index contributed by atoms with van der Waals surface area (Å²) < 4.78 is 16.9. The van der Waals surface area contributed by atoms with E-state index in [0.29, 0.717) is 47.5 Å². The van der Waals surface area contributed by atoms with E-state index in [9.17, 15) is 14.4 Å². The van der Waals surface area contributed by atoms with Crippen molar-refractivity contribution in [3.05, 3.63) is 34.5 Å². The Bertz CT molecular complexity index is 973. The van der Waals surface area contributed by atoms with Crippen molar-refractivity contribution in [1.82, 2.24) is 5.32 Å². The van der Waals surface area contributed by atoms with Gasteiger partial charge in [0, 0.05) is 38.1 Å². The van der Waals surface area contributed by atoms with Gasteiger partial charge in [-0.15, -0.1) is 11.3 Å². The molecule has 1 saturated heterocycles. The summed E-state index contributed by atoms with van der Waals surface area (Å²) in [5.41, 5.74) is 0.847. The van der Waals surface area contributed by atoms with Crippen LogP contribution in [0.5, 0.6) is 11.5 Å². The second kappa shape index (κ2) is 13.0. The van der Waals surface area contributed by atoms with Crippen molar-refractivity contribution in [2.75, 3.05) is 37.0 Å². The Morgan fingerprint density at radius 2 is 1.71 bits per heavy atom. The summed E-state index contributed by atoms with van der Waals surface area (Å²) in [7, 11) is 0. The molecule has 3 N–H and O–H groups in total. The largest absolute Gasteiger partial charge is 0.492 e. The molecule has 1 aromatic heterocycles. The fraction of sp³-hybridized carbons (Fsp3) is 0.458. The number of carbonyl (C=O) groups is 3. The number of rotatable bonds is 12. The van der Waals surface area contributed by atoms with Crippen LogP contribution in [0.2, 0.25) is 0 Å². The molecule has 0 unspecified atom stereocenters. The van der Waals surface area contributed by atoms with E-state index in [0.717, 1.165) is 19.4 Å². The summed E-state index contributed by atoms with van der Waals surface area (Å²) in [4.78, 5) is 37.7. The Balaban J connectivity index is 1.64. The number of anilines is 2. The van der Waals surface area contributed by atoms with Crippen molar-refractivity contribution in [2.45, 2.75) is 45.6 Å². The average Bonchev–Trinajstić information content (AvgIpc) is 3.54. The fourth-order valence-corrected chi connectivity index (χ4v) is 4.08. The van der Waals surface area contributed by atoms with E-state index in [1.807, 2.05) is 19.2 Å². The molecule has 1 fully saturated rings. The number of hydrogen-bond donors (Lipinski definition) is 3. The van der Waals surface area contributed by atoms with Crippen LogP contribution in [0, 0.1) is 0 Å². The Labute approximate surface area is 203 Å². The third kappa shape index (κ3) is 7.46. The molecule has 3 rings (SSSR count). The minimum Gasteiger partial charge on any atom is -0.492 e. The van der Waals surface area contributed by atoms with Gasteiger partial charge >= 0.3 is 0 Å². The molecule has 1 atom stereocenters. The number of thiophene rings is 1. The smallest absolute Gasteiger partial charge is 0.265 e. The summed E-state index contributed by atoms with van der Waals surface area (Å²) in [6.45, 7) is 5.57. The average molecular weight is 490 g/mol. The highest BCUT2D eigenvalue weighted by molar-refractivity contribution is 7.12. The molecule has 2 heterocycles. The molecule has 2 aromatic rings. The quantitative estimate of drug-likeness (QED) is 0.418. The summed E-state index contributed by atoms with van der Waals surface area (Å²) in [6.07, 6.45) is 2.08. The fourth-order valence-electron chi connectivity index (χ4n) is 3.46. The number of benzene rings is 1. The highest BCUT2D eigenvalue weighted by atomic mass is 32.1. The molecule has 1 aromatic carbocycles. The molecular formula is C24H31N3O6S. The van der Waals surface area contributed by atoms with E-state index in [1.165, 1.54) is 11.3 Å². The summed E-state index contributed by atoms with van der Waals surface area (Å²) in [6, 6.07) is 6.78. The first-order chi connectivity index (χ1) is 16.5. The number of hydrogen-bond acceptors (Lipinski definition) is 7. The van der Waals surface area contributed by atoms with Gasteiger partial charge in [-0.2, -0.15) is 0 Å².